The molecule has 3 aromatic rings. The molecule has 5 heteroatoms. The lowest BCUT2D eigenvalue weighted by Crippen LogP contribution is -2.08. The summed E-state index contributed by atoms with van der Waals surface area (Å²) in [4.78, 5) is 8.38. The molecule has 5 nitrogen and oxygen atoms in total. The molecule has 0 fully saturated rings. The van der Waals surface area contributed by atoms with E-state index < -0.39 is 0 Å². The second-order valence-corrected chi connectivity index (χ2v) is 4.13. The van der Waals surface area contributed by atoms with Gasteiger partial charge in [0.25, 0.3) is 0 Å². The maximum atomic E-state index is 4.26. The Balaban J connectivity index is 1.91. The van der Waals surface area contributed by atoms with Crippen molar-refractivity contribution in [2.45, 2.75) is 13.0 Å². The zero-order chi connectivity index (χ0) is 12.4. The van der Waals surface area contributed by atoms with Crippen LogP contribution >= 0.6 is 0 Å². The zero-order valence-corrected chi connectivity index (χ0v) is 9.96. The fourth-order valence-corrected chi connectivity index (χ4v) is 1.91. The van der Waals surface area contributed by atoms with Crippen LogP contribution in [0.5, 0.6) is 0 Å². The van der Waals surface area contributed by atoms with Crippen LogP contribution in [-0.4, -0.2) is 20.2 Å². The second kappa shape index (κ2) is 4.44. The third kappa shape index (κ3) is 1.90. The standard InChI is InChI=1S/C13H13N5/c1-9(10-5-3-2-4-6-10)17-12-11-7-16-18-13(11)15-8-14-12/h2-9H,1H3,(H2,14,15,16,17,18). The first-order valence-electron chi connectivity index (χ1n) is 5.80. The van der Waals surface area contributed by atoms with Crippen LogP contribution in [0.1, 0.15) is 18.5 Å². The van der Waals surface area contributed by atoms with Crippen LogP contribution < -0.4 is 5.32 Å². The lowest BCUT2D eigenvalue weighted by Gasteiger charge is -2.14. The van der Waals surface area contributed by atoms with Gasteiger partial charge in [0.05, 0.1) is 11.6 Å². The largest absolute Gasteiger partial charge is 0.363 e. The average Bonchev–Trinajstić information content (AvgIpc) is 2.89. The minimum absolute atomic E-state index is 0.180. The van der Waals surface area contributed by atoms with E-state index in [0.29, 0.717) is 0 Å². The summed E-state index contributed by atoms with van der Waals surface area (Å²) in [7, 11) is 0. The van der Waals surface area contributed by atoms with Crippen LogP contribution in [0.3, 0.4) is 0 Å². The fraction of sp³-hybridized carbons (Fsp3) is 0.154. The van der Waals surface area contributed by atoms with Gasteiger partial charge < -0.3 is 5.32 Å². The van der Waals surface area contributed by atoms with Gasteiger partial charge in [0.15, 0.2) is 5.65 Å². The molecule has 0 aliphatic carbocycles. The van der Waals surface area contributed by atoms with Gasteiger partial charge in [-0.3, -0.25) is 5.10 Å². The summed E-state index contributed by atoms with van der Waals surface area (Å²) in [5.74, 6) is 0.796. The van der Waals surface area contributed by atoms with Gasteiger partial charge in [0, 0.05) is 6.04 Å². The number of H-pyrrole nitrogens is 1. The lowest BCUT2D eigenvalue weighted by atomic mass is 10.1. The molecule has 3 rings (SSSR count). The van der Waals surface area contributed by atoms with Crippen molar-refractivity contribution in [2.75, 3.05) is 5.32 Å². The summed E-state index contributed by atoms with van der Waals surface area (Å²) in [6, 6.07) is 10.4. The van der Waals surface area contributed by atoms with Crippen LogP contribution in [0.4, 0.5) is 5.82 Å². The zero-order valence-electron chi connectivity index (χ0n) is 9.96. The number of fused-ring (bicyclic) bond motifs is 1. The van der Waals surface area contributed by atoms with Gasteiger partial charge in [-0.2, -0.15) is 5.10 Å². The molecule has 0 bridgehead atoms. The highest BCUT2D eigenvalue weighted by atomic mass is 15.2. The maximum Gasteiger partial charge on any atom is 0.160 e. The Labute approximate surface area is 104 Å². The molecule has 0 aliphatic rings. The van der Waals surface area contributed by atoms with Gasteiger partial charge in [-0.25, -0.2) is 9.97 Å². The summed E-state index contributed by atoms with van der Waals surface area (Å²) >= 11 is 0. The van der Waals surface area contributed by atoms with Crippen molar-refractivity contribution >= 4 is 16.9 Å². The molecule has 0 radical (unpaired) electrons. The Hall–Kier alpha value is -2.43. The molecule has 2 heterocycles. The minimum Gasteiger partial charge on any atom is -0.363 e. The van der Waals surface area contributed by atoms with Crippen LogP contribution in [0.15, 0.2) is 42.9 Å². The molecule has 2 N–H and O–H groups in total. The minimum atomic E-state index is 0.180. The fourth-order valence-electron chi connectivity index (χ4n) is 1.91. The summed E-state index contributed by atoms with van der Waals surface area (Å²) in [6.45, 7) is 2.10. The molecule has 90 valence electrons. The molecule has 0 saturated carbocycles. The van der Waals surface area contributed by atoms with E-state index in [1.165, 1.54) is 11.9 Å². The molecule has 0 aliphatic heterocycles. The Morgan fingerprint density at radius 1 is 1.17 bits per heavy atom. The van der Waals surface area contributed by atoms with Gasteiger partial charge >= 0.3 is 0 Å². The first kappa shape index (κ1) is 10.7. The van der Waals surface area contributed by atoms with Crippen LogP contribution in [-0.2, 0) is 0 Å². The Bertz CT molecular complexity index is 647. The molecule has 1 unspecified atom stereocenters. The summed E-state index contributed by atoms with van der Waals surface area (Å²) in [6.07, 6.45) is 3.26. The summed E-state index contributed by atoms with van der Waals surface area (Å²) in [5.41, 5.74) is 1.96. The summed E-state index contributed by atoms with van der Waals surface area (Å²) in [5, 5.41) is 11.1. The smallest absolute Gasteiger partial charge is 0.160 e. The first-order valence-corrected chi connectivity index (χ1v) is 5.80. The van der Waals surface area contributed by atoms with E-state index in [4.69, 9.17) is 0 Å². The molecule has 0 spiro atoms. The van der Waals surface area contributed by atoms with E-state index in [2.05, 4.69) is 44.5 Å². The molecular formula is C13H13N5. The highest BCUT2D eigenvalue weighted by Crippen LogP contribution is 2.22. The number of hydrogen-bond donors (Lipinski definition) is 2. The highest BCUT2D eigenvalue weighted by Gasteiger charge is 2.09. The van der Waals surface area contributed by atoms with E-state index in [-0.39, 0.29) is 6.04 Å². The van der Waals surface area contributed by atoms with E-state index in [1.54, 1.807) is 6.20 Å². The Morgan fingerprint density at radius 2 is 2.00 bits per heavy atom. The van der Waals surface area contributed by atoms with E-state index in [0.717, 1.165) is 16.9 Å². The van der Waals surface area contributed by atoms with E-state index >= 15 is 0 Å². The predicted octanol–water partition coefficient (Wildman–Crippen LogP) is 2.53. The second-order valence-electron chi connectivity index (χ2n) is 4.13. The van der Waals surface area contributed by atoms with E-state index in [1.807, 2.05) is 18.2 Å². The number of nitrogens with one attached hydrogen (secondary N) is 2. The molecule has 0 amide bonds. The van der Waals surface area contributed by atoms with Crippen LogP contribution in [0.2, 0.25) is 0 Å². The van der Waals surface area contributed by atoms with Gasteiger partial charge in [-0.15, -0.1) is 0 Å². The van der Waals surface area contributed by atoms with Crippen molar-refractivity contribution in [1.29, 1.82) is 0 Å². The first-order chi connectivity index (χ1) is 8.84. The molecule has 2 aromatic heterocycles. The Kier molecular flexibility index (Phi) is 2.64. The SMILES string of the molecule is CC(Nc1ncnc2[nH]ncc12)c1ccccc1. The molecule has 1 aromatic carbocycles. The number of rotatable bonds is 3. The molecular weight excluding hydrogens is 226 g/mol. The number of nitrogens with zero attached hydrogens (tertiary/aromatic N) is 3. The van der Waals surface area contributed by atoms with Crippen LogP contribution in [0, 0.1) is 0 Å². The van der Waals surface area contributed by atoms with Crippen molar-refractivity contribution < 1.29 is 0 Å². The van der Waals surface area contributed by atoms with Crippen molar-refractivity contribution in [1.82, 2.24) is 20.2 Å². The number of aromatic amines is 1. The van der Waals surface area contributed by atoms with Crippen molar-refractivity contribution in [3.05, 3.63) is 48.4 Å². The molecule has 1 atom stereocenters. The normalized spacial score (nSPS) is 12.5. The van der Waals surface area contributed by atoms with Crippen molar-refractivity contribution in [3.63, 3.8) is 0 Å². The number of aromatic nitrogens is 4. The third-order valence-corrected chi connectivity index (χ3v) is 2.90. The summed E-state index contributed by atoms with van der Waals surface area (Å²) < 4.78 is 0. The number of benzene rings is 1. The van der Waals surface area contributed by atoms with Crippen LogP contribution in [0.25, 0.3) is 11.0 Å². The maximum absolute atomic E-state index is 4.26. The average molecular weight is 239 g/mol. The third-order valence-electron chi connectivity index (χ3n) is 2.90. The van der Waals surface area contributed by atoms with Gasteiger partial charge in [-0.1, -0.05) is 30.3 Å². The number of anilines is 1. The Morgan fingerprint density at radius 3 is 2.83 bits per heavy atom. The van der Waals surface area contributed by atoms with Gasteiger partial charge in [0.1, 0.15) is 12.1 Å². The predicted molar refractivity (Wildman–Crippen MR) is 70.2 cm³/mol. The van der Waals surface area contributed by atoms with Crippen molar-refractivity contribution in [2.24, 2.45) is 0 Å². The quantitative estimate of drug-likeness (QED) is 0.737. The molecule has 18 heavy (non-hydrogen) atoms. The van der Waals surface area contributed by atoms with Gasteiger partial charge in [-0.05, 0) is 12.5 Å². The lowest BCUT2D eigenvalue weighted by molar-refractivity contribution is 0.876. The van der Waals surface area contributed by atoms with Crippen molar-refractivity contribution in [3.8, 4) is 0 Å². The topological polar surface area (TPSA) is 66.5 Å². The molecule has 0 saturated heterocycles. The highest BCUT2D eigenvalue weighted by molar-refractivity contribution is 5.85. The number of hydrogen-bond acceptors (Lipinski definition) is 4. The monoisotopic (exact) mass is 239 g/mol. The van der Waals surface area contributed by atoms with Gasteiger partial charge in [0.2, 0.25) is 0 Å². The van der Waals surface area contributed by atoms with E-state index in [9.17, 15) is 0 Å².